The monoisotopic (exact) mass is 142 g/mol. The van der Waals surface area contributed by atoms with E-state index in [0.717, 1.165) is 0 Å². The molecule has 1 heterocycles. The third-order valence-corrected chi connectivity index (χ3v) is 1.20. The molecule has 1 rings (SSSR count). The maximum atomic E-state index is 10.5. The van der Waals surface area contributed by atoms with Crippen molar-refractivity contribution in [3.05, 3.63) is 12.2 Å². The van der Waals surface area contributed by atoms with Crippen LogP contribution in [0, 0.1) is 0 Å². The van der Waals surface area contributed by atoms with E-state index in [1.54, 1.807) is 6.08 Å². The van der Waals surface area contributed by atoms with Crippen molar-refractivity contribution < 1.29 is 14.3 Å². The summed E-state index contributed by atoms with van der Waals surface area (Å²) in [6.07, 6.45) is 2.97. The minimum atomic E-state index is -0.273. The number of cyclic esters (lactones) is 1. The Labute approximate surface area is 59.6 Å². The normalized spacial score (nSPS) is 23.3. The predicted molar refractivity (Wildman–Crippen MR) is 35.5 cm³/mol. The van der Waals surface area contributed by atoms with E-state index in [0.29, 0.717) is 13.2 Å². The van der Waals surface area contributed by atoms with Gasteiger partial charge in [0.1, 0.15) is 6.10 Å². The molecular formula is C7H10O3. The summed E-state index contributed by atoms with van der Waals surface area (Å²) in [6, 6.07) is 0. The van der Waals surface area contributed by atoms with Crippen molar-refractivity contribution >= 4 is 5.97 Å². The third kappa shape index (κ3) is 1.84. The van der Waals surface area contributed by atoms with Gasteiger partial charge in [-0.25, -0.2) is 4.79 Å². The molecule has 3 nitrogen and oxygen atoms in total. The van der Waals surface area contributed by atoms with Gasteiger partial charge in [-0.3, -0.25) is 0 Å². The molecule has 0 aromatic carbocycles. The zero-order chi connectivity index (χ0) is 7.40. The van der Waals surface area contributed by atoms with Gasteiger partial charge in [-0.15, -0.1) is 0 Å². The summed E-state index contributed by atoms with van der Waals surface area (Å²) in [4.78, 5) is 10.5. The lowest BCUT2D eigenvalue weighted by Gasteiger charge is -2.06. The lowest BCUT2D eigenvalue weighted by Crippen LogP contribution is -2.14. The first-order valence-electron chi connectivity index (χ1n) is 3.29. The smallest absolute Gasteiger partial charge is 0.331 e. The van der Waals surface area contributed by atoms with Crippen LogP contribution < -0.4 is 0 Å². The van der Waals surface area contributed by atoms with Crippen LogP contribution in [0.2, 0.25) is 0 Å². The molecule has 0 saturated carbocycles. The van der Waals surface area contributed by atoms with Crippen LogP contribution in [0.1, 0.15) is 6.92 Å². The van der Waals surface area contributed by atoms with Crippen molar-refractivity contribution in [3.8, 4) is 0 Å². The van der Waals surface area contributed by atoms with E-state index in [1.807, 2.05) is 6.92 Å². The number of esters is 1. The van der Waals surface area contributed by atoms with Crippen LogP contribution >= 0.6 is 0 Å². The molecule has 0 amide bonds. The van der Waals surface area contributed by atoms with Crippen molar-refractivity contribution in [3.63, 3.8) is 0 Å². The zero-order valence-electron chi connectivity index (χ0n) is 5.87. The third-order valence-electron chi connectivity index (χ3n) is 1.20. The fourth-order valence-corrected chi connectivity index (χ4v) is 0.737. The maximum Gasteiger partial charge on any atom is 0.331 e. The van der Waals surface area contributed by atoms with Gasteiger partial charge >= 0.3 is 5.97 Å². The topological polar surface area (TPSA) is 35.5 Å². The second-order valence-corrected chi connectivity index (χ2v) is 1.99. The molecule has 0 N–H and O–H groups in total. The van der Waals surface area contributed by atoms with Crippen molar-refractivity contribution in [1.82, 2.24) is 0 Å². The van der Waals surface area contributed by atoms with Crippen LogP contribution in [0.5, 0.6) is 0 Å². The minimum Gasteiger partial charge on any atom is -0.452 e. The molecule has 0 fully saturated rings. The average Bonchev–Trinajstić information content (AvgIpc) is 2.31. The molecule has 3 heteroatoms. The first-order chi connectivity index (χ1) is 4.83. The number of hydrogen-bond donors (Lipinski definition) is 0. The molecule has 0 bridgehead atoms. The minimum absolute atomic E-state index is 0.160. The molecule has 0 saturated heterocycles. The van der Waals surface area contributed by atoms with Crippen molar-refractivity contribution in [1.29, 1.82) is 0 Å². The van der Waals surface area contributed by atoms with Gasteiger partial charge in [0.15, 0.2) is 0 Å². The molecule has 0 aliphatic carbocycles. The lowest BCUT2D eigenvalue weighted by atomic mass is 10.4. The quantitative estimate of drug-likeness (QED) is 0.538. The molecule has 0 aromatic rings. The fraction of sp³-hybridized carbons (Fsp3) is 0.571. The predicted octanol–water partition coefficient (Wildman–Crippen LogP) is 0.504. The largest absolute Gasteiger partial charge is 0.452 e. The number of rotatable bonds is 3. The fourth-order valence-electron chi connectivity index (χ4n) is 0.737. The van der Waals surface area contributed by atoms with Gasteiger partial charge in [0, 0.05) is 12.7 Å². The van der Waals surface area contributed by atoms with Gasteiger partial charge in [-0.05, 0) is 13.0 Å². The highest BCUT2D eigenvalue weighted by Gasteiger charge is 2.15. The highest BCUT2D eigenvalue weighted by molar-refractivity contribution is 5.84. The molecule has 1 aliphatic heterocycles. The molecule has 10 heavy (non-hydrogen) atoms. The van der Waals surface area contributed by atoms with Crippen LogP contribution in [-0.2, 0) is 14.3 Å². The molecule has 0 radical (unpaired) electrons. The van der Waals surface area contributed by atoms with Crippen LogP contribution in [0.4, 0.5) is 0 Å². The van der Waals surface area contributed by atoms with E-state index in [9.17, 15) is 4.79 Å². The maximum absolute atomic E-state index is 10.5. The van der Waals surface area contributed by atoms with Crippen molar-refractivity contribution in [2.45, 2.75) is 13.0 Å². The summed E-state index contributed by atoms with van der Waals surface area (Å²) in [5, 5.41) is 0. The van der Waals surface area contributed by atoms with Gasteiger partial charge in [-0.2, -0.15) is 0 Å². The zero-order valence-corrected chi connectivity index (χ0v) is 5.87. The lowest BCUT2D eigenvalue weighted by molar-refractivity contribution is -0.140. The molecule has 1 atom stereocenters. The first-order valence-corrected chi connectivity index (χ1v) is 3.29. The van der Waals surface area contributed by atoms with Crippen LogP contribution in [0.3, 0.4) is 0 Å². The van der Waals surface area contributed by atoms with Crippen LogP contribution in [0.15, 0.2) is 12.2 Å². The summed E-state index contributed by atoms with van der Waals surface area (Å²) < 4.78 is 9.83. The second-order valence-electron chi connectivity index (χ2n) is 1.99. The van der Waals surface area contributed by atoms with E-state index in [2.05, 4.69) is 0 Å². The first kappa shape index (κ1) is 7.28. The number of carbonyl (C=O) groups excluding carboxylic acids is 1. The van der Waals surface area contributed by atoms with Gasteiger partial charge < -0.3 is 9.47 Å². The highest BCUT2D eigenvalue weighted by atomic mass is 16.6. The summed E-state index contributed by atoms with van der Waals surface area (Å²) in [6.45, 7) is 3.03. The number of carbonyl (C=O) groups is 1. The Bertz CT molecular complexity index is 151. The van der Waals surface area contributed by atoms with Crippen molar-refractivity contribution in [2.24, 2.45) is 0 Å². The molecule has 0 spiro atoms. The Morgan fingerprint density at radius 1 is 1.80 bits per heavy atom. The van der Waals surface area contributed by atoms with Gasteiger partial charge in [0.05, 0.1) is 6.61 Å². The summed E-state index contributed by atoms with van der Waals surface area (Å²) in [5.74, 6) is -0.273. The molecule has 0 aromatic heterocycles. The standard InChI is InChI=1S/C7H10O3/c1-2-9-5-6-3-4-7(8)10-6/h3-4,6H,2,5H2,1H3. The molecule has 1 unspecified atom stereocenters. The number of ether oxygens (including phenoxy) is 2. The highest BCUT2D eigenvalue weighted by Crippen LogP contribution is 2.04. The Balaban J connectivity index is 2.20. The summed E-state index contributed by atoms with van der Waals surface area (Å²) in [7, 11) is 0. The van der Waals surface area contributed by atoms with E-state index in [1.165, 1.54) is 6.08 Å². The summed E-state index contributed by atoms with van der Waals surface area (Å²) in [5.41, 5.74) is 0. The molecular weight excluding hydrogens is 132 g/mol. The van der Waals surface area contributed by atoms with Crippen LogP contribution in [0.25, 0.3) is 0 Å². The van der Waals surface area contributed by atoms with E-state index < -0.39 is 0 Å². The van der Waals surface area contributed by atoms with Gasteiger partial charge in [0.2, 0.25) is 0 Å². The van der Waals surface area contributed by atoms with Gasteiger partial charge in [-0.1, -0.05) is 0 Å². The van der Waals surface area contributed by atoms with Crippen molar-refractivity contribution in [2.75, 3.05) is 13.2 Å². The van der Waals surface area contributed by atoms with Gasteiger partial charge in [0.25, 0.3) is 0 Å². The average molecular weight is 142 g/mol. The van der Waals surface area contributed by atoms with E-state index in [4.69, 9.17) is 9.47 Å². The van der Waals surface area contributed by atoms with E-state index >= 15 is 0 Å². The molecule has 56 valence electrons. The Kier molecular flexibility index (Phi) is 2.45. The Morgan fingerprint density at radius 2 is 2.60 bits per heavy atom. The molecule has 1 aliphatic rings. The Morgan fingerprint density at radius 3 is 3.10 bits per heavy atom. The second kappa shape index (κ2) is 3.37. The summed E-state index contributed by atoms with van der Waals surface area (Å²) >= 11 is 0. The van der Waals surface area contributed by atoms with Crippen LogP contribution in [-0.4, -0.2) is 25.3 Å². The SMILES string of the molecule is CCOCC1C=CC(=O)O1. The van der Waals surface area contributed by atoms with E-state index in [-0.39, 0.29) is 12.1 Å². The Hall–Kier alpha value is -0.830. The number of hydrogen-bond acceptors (Lipinski definition) is 3.